The van der Waals surface area contributed by atoms with Crippen LogP contribution in [-0.4, -0.2) is 59.5 Å². The minimum Gasteiger partial charge on any atom is -1.00 e. The number of quaternary nitrogens is 1. The van der Waals surface area contributed by atoms with E-state index in [1.54, 1.807) is 0 Å². The molecule has 36 heavy (non-hydrogen) atoms. The van der Waals surface area contributed by atoms with Crippen LogP contribution in [0.4, 0.5) is 0 Å². The minimum absolute atomic E-state index is 0. The van der Waals surface area contributed by atoms with Gasteiger partial charge in [0.25, 0.3) is 0 Å². The Morgan fingerprint density at radius 2 is 1.19 bits per heavy atom. The molecule has 5 nitrogen and oxygen atoms in total. The molecule has 0 N–H and O–H groups in total. The van der Waals surface area contributed by atoms with Crippen LogP contribution in [0.2, 0.25) is 6.04 Å². The van der Waals surface area contributed by atoms with Crippen LogP contribution >= 0.6 is 0 Å². The van der Waals surface area contributed by atoms with Crippen LogP contribution < -0.4 is 12.4 Å². The number of halogens is 1. The monoisotopic (exact) mass is 543 g/mol. The molecule has 1 rings (SSSR count). The highest BCUT2D eigenvalue weighted by Gasteiger charge is 2.39. The van der Waals surface area contributed by atoms with Crippen LogP contribution in [0.1, 0.15) is 97.0 Å². The molecule has 1 aromatic rings. The quantitative estimate of drug-likeness (QED) is 0.118. The molecule has 0 aromatic heterocycles. The molecule has 0 bridgehead atoms. The van der Waals surface area contributed by atoms with E-state index in [0.29, 0.717) is 25.6 Å². The number of benzene rings is 1. The molecular formula is C29H54ClNO4Si. The van der Waals surface area contributed by atoms with Crippen LogP contribution in [-0.2, 0) is 24.6 Å². The zero-order chi connectivity index (χ0) is 25.8. The van der Waals surface area contributed by atoms with E-state index in [9.17, 15) is 4.79 Å². The highest BCUT2D eigenvalue weighted by Crippen LogP contribution is 2.21. The molecule has 0 aliphatic rings. The highest BCUT2D eigenvalue weighted by atomic mass is 35.5. The van der Waals surface area contributed by atoms with Crippen LogP contribution in [0.15, 0.2) is 30.3 Å². The molecule has 1 aromatic carbocycles. The predicted octanol–water partition coefficient (Wildman–Crippen LogP) is 4.18. The first-order valence-electron chi connectivity index (χ1n) is 14.2. The number of hydrogen-bond acceptors (Lipinski definition) is 4. The third-order valence-corrected chi connectivity index (χ3v) is 9.61. The van der Waals surface area contributed by atoms with E-state index in [4.69, 9.17) is 13.3 Å². The Balaban J connectivity index is 0.0000122. The van der Waals surface area contributed by atoms with E-state index in [0.717, 1.165) is 62.1 Å². The normalized spacial score (nSPS) is 11.9. The van der Waals surface area contributed by atoms with E-state index in [1.807, 2.05) is 20.8 Å². The van der Waals surface area contributed by atoms with Crippen molar-refractivity contribution in [2.45, 2.75) is 104 Å². The van der Waals surface area contributed by atoms with Crippen molar-refractivity contribution < 1.29 is 35.0 Å². The molecule has 7 heteroatoms. The average Bonchev–Trinajstić information content (AvgIpc) is 2.82. The second-order valence-corrected chi connectivity index (χ2v) is 13.0. The highest BCUT2D eigenvalue weighted by molar-refractivity contribution is 6.60. The summed E-state index contributed by atoms with van der Waals surface area (Å²) in [7, 11) is 2.09. The Morgan fingerprint density at radius 1 is 0.722 bits per heavy atom. The van der Waals surface area contributed by atoms with E-state index in [-0.39, 0.29) is 12.4 Å². The van der Waals surface area contributed by atoms with Gasteiger partial charge in [0.15, 0.2) is 0 Å². The summed E-state index contributed by atoms with van der Waals surface area (Å²) in [6.45, 7) is 10.1. The van der Waals surface area contributed by atoms with Crippen molar-refractivity contribution in [1.29, 1.82) is 0 Å². The molecule has 0 fully saturated rings. The van der Waals surface area contributed by atoms with E-state index >= 15 is 0 Å². The molecule has 0 heterocycles. The summed E-state index contributed by atoms with van der Waals surface area (Å²) >= 11 is 0. The lowest BCUT2D eigenvalue weighted by atomic mass is 10.0. The lowest BCUT2D eigenvalue weighted by molar-refractivity contribution is -0.903. The minimum atomic E-state index is -2.47. The summed E-state index contributed by atoms with van der Waals surface area (Å²) in [5, 5.41) is 0. The SMILES string of the molecule is CCO[Si](CCCCCCCCCC(=O)CCCC[N+](C)(C)Cc1ccccc1)(OCC)OCC.[Cl-]. The standard InChI is InChI=1S/C29H54NO4Si.ClH/c1-6-32-35(33-7-2,34-8-3)26-20-13-11-9-10-12-17-23-29(31)24-18-19-25-30(4,5)27-28-21-15-14-16-22-28;/h14-16,21-22H,6-13,17-20,23-27H2,1-5H3;1H/q+1;/p-1. The zero-order valence-electron chi connectivity index (χ0n) is 23.9. The Bertz CT molecular complexity index is 643. The summed E-state index contributed by atoms with van der Waals surface area (Å²) in [5.41, 5.74) is 1.38. The van der Waals surface area contributed by atoms with Gasteiger partial charge in [0, 0.05) is 44.3 Å². The van der Waals surface area contributed by atoms with Gasteiger partial charge in [-0.15, -0.1) is 0 Å². The molecule has 0 saturated heterocycles. The van der Waals surface area contributed by atoms with Gasteiger partial charge in [0.05, 0.1) is 20.6 Å². The predicted molar refractivity (Wildman–Crippen MR) is 148 cm³/mol. The van der Waals surface area contributed by atoms with Crippen molar-refractivity contribution in [3.8, 4) is 0 Å². The summed E-state index contributed by atoms with van der Waals surface area (Å²) in [5.74, 6) is 0.447. The number of unbranched alkanes of at least 4 members (excludes halogenated alkanes) is 7. The fraction of sp³-hybridized carbons (Fsp3) is 0.759. The van der Waals surface area contributed by atoms with E-state index in [2.05, 4.69) is 44.4 Å². The van der Waals surface area contributed by atoms with Gasteiger partial charge in [-0.1, -0.05) is 62.4 Å². The second kappa shape index (κ2) is 21.2. The van der Waals surface area contributed by atoms with E-state index < -0.39 is 8.80 Å². The van der Waals surface area contributed by atoms with Crippen molar-refractivity contribution in [1.82, 2.24) is 0 Å². The summed E-state index contributed by atoms with van der Waals surface area (Å²) in [6.07, 6.45) is 11.9. The van der Waals surface area contributed by atoms with Gasteiger partial charge in [-0.2, -0.15) is 0 Å². The van der Waals surface area contributed by atoms with Gasteiger partial charge in [-0.05, 0) is 46.5 Å². The number of nitrogens with zero attached hydrogens (tertiary/aromatic N) is 1. The molecule has 0 spiro atoms. The van der Waals surface area contributed by atoms with Crippen LogP contribution in [0, 0.1) is 0 Å². The molecule has 0 atom stereocenters. The Kier molecular flexibility index (Phi) is 20.8. The van der Waals surface area contributed by atoms with Crippen molar-refractivity contribution in [3.05, 3.63) is 35.9 Å². The number of rotatable bonds is 23. The first-order chi connectivity index (χ1) is 16.9. The first-order valence-corrected chi connectivity index (χ1v) is 16.1. The molecule has 0 aliphatic heterocycles. The van der Waals surface area contributed by atoms with E-state index in [1.165, 1.54) is 37.7 Å². The summed E-state index contributed by atoms with van der Waals surface area (Å²) in [6, 6.07) is 11.6. The topological polar surface area (TPSA) is 44.8 Å². The number of ketones is 1. The van der Waals surface area contributed by atoms with Crippen molar-refractivity contribution in [2.24, 2.45) is 0 Å². The molecule has 0 radical (unpaired) electrons. The molecule has 210 valence electrons. The number of Topliss-reactive ketones (excluding diaryl/α,β-unsaturated/α-hetero) is 1. The van der Waals surface area contributed by atoms with Gasteiger partial charge in [-0.25, -0.2) is 0 Å². The van der Waals surface area contributed by atoms with Crippen LogP contribution in [0.25, 0.3) is 0 Å². The fourth-order valence-corrected chi connectivity index (χ4v) is 7.38. The summed E-state index contributed by atoms with van der Waals surface area (Å²) < 4.78 is 18.8. The maximum absolute atomic E-state index is 12.2. The van der Waals surface area contributed by atoms with Gasteiger partial charge in [0.2, 0.25) is 0 Å². The Hall–Kier alpha value is -0.763. The fourth-order valence-electron chi connectivity index (χ4n) is 4.69. The molecule has 0 unspecified atom stereocenters. The number of hydrogen-bond donors (Lipinski definition) is 0. The van der Waals surface area contributed by atoms with Gasteiger partial charge in [0.1, 0.15) is 12.3 Å². The van der Waals surface area contributed by atoms with Gasteiger partial charge in [-0.3, -0.25) is 4.79 Å². The van der Waals surface area contributed by atoms with Crippen molar-refractivity contribution >= 4 is 14.6 Å². The Labute approximate surface area is 229 Å². The maximum Gasteiger partial charge on any atom is 0.500 e. The smallest absolute Gasteiger partial charge is 0.500 e. The van der Waals surface area contributed by atoms with Crippen molar-refractivity contribution in [2.75, 3.05) is 40.5 Å². The van der Waals surface area contributed by atoms with Crippen molar-refractivity contribution in [3.63, 3.8) is 0 Å². The largest absolute Gasteiger partial charge is 1.00 e. The summed E-state index contributed by atoms with van der Waals surface area (Å²) in [4.78, 5) is 12.2. The number of carbonyl (C=O) groups excluding carboxylic acids is 1. The number of carbonyl (C=O) groups is 1. The first kappa shape index (κ1) is 35.2. The lowest BCUT2D eigenvalue weighted by Gasteiger charge is -2.30. The Morgan fingerprint density at radius 3 is 1.72 bits per heavy atom. The second-order valence-electron chi connectivity index (χ2n) is 10.3. The third-order valence-electron chi connectivity index (χ3n) is 6.45. The lowest BCUT2D eigenvalue weighted by Crippen LogP contribution is -3.00. The maximum atomic E-state index is 12.2. The third kappa shape index (κ3) is 16.9. The van der Waals surface area contributed by atoms with Gasteiger partial charge >= 0.3 is 8.80 Å². The molecule has 0 aliphatic carbocycles. The zero-order valence-corrected chi connectivity index (χ0v) is 25.6. The molecule has 0 saturated carbocycles. The van der Waals surface area contributed by atoms with Gasteiger partial charge < -0.3 is 30.2 Å². The molecule has 0 amide bonds. The molecular weight excluding hydrogens is 490 g/mol. The van der Waals surface area contributed by atoms with Crippen LogP contribution in [0.5, 0.6) is 0 Å². The van der Waals surface area contributed by atoms with Crippen LogP contribution in [0.3, 0.4) is 0 Å². The average molecular weight is 544 g/mol.